The number of ether oxygens (including phenoxy) is 1. The molecular formula is C23H22N4OS. The molecule has 4 aromatic rings. The van der Waals surface area contributed by atoms with Crippen molar-refractivity contribution in [1.82, 2.24) is 19.7 Å². The van der Waals surface area contributed by atoms with E-state index in [0.717, 1.165) is 39.3 Å². The van der Waals surface area contributed by atoms with Crippen LogP contribution in [0.2, 0.25) is 0 Å². The van der Waals surface area contributed by atoms with Crippen molar-refractivity contribution in [2.24, 2.45) is 0 Å². The molecule has 2 aromatic carbocycles. The lowest BCUT2D eigenvalue weighted by molar-refractivity contribution is 0.343. The Balaban J connectivity index is 1.57. The number of aryl methyl sites for hydroxylation is 2. The van der Waals surface area contributed by atoms with Gasteiger partial charge in [0, 0.05) is 23.7 Å². The Hall–Kier alpha value is -3.12. The Morgan fingerprint density at radius 3 is 2.66 bits per heavy atom. The molecule has 0 unspecified atom stereocenters. The van der Waals surface area contributed by atoms with Crippen LogP contribution in [-0.4, -0.2) is 32.1 Å². The minimum atomic E-state index is 0.594. The summed E-state index contributed by atoms with van der Waals surface area (Å²) in [6, 6.07) is 20.3. The van der Waals surface area contributed by atoms with Crippen molar-refractivity contribution in [2.45, 2.75) is 19.0 Å². The second-order valence-electron chi connectivity index (χ2n) is 6.68. The van der Waals surface area contributed by atoms with Crippen molar-refractivity contribution >= 4 is 11.8 Å². The number of para-hydroxylation sites is 1. The van der Waals surface area contributed by atoms with Crippen molar-refractivity contribution in [3.05, 3.63) is 84.2 Å². The second kappa shape index (κ2) is 8.92. The lowest BCUT2D eigenvalue weighted by Gasteiger charge is -2.13. The van der Waals surface area contributed by atoms with E-state index in [9.17, 15) is 0 Å². The van der Waals surface area contributed by atoms with Crippen LogP contribution in [0.15, 0.2) is 78.2 Å². The van der Waals surface area contributed by atoms with Gasteiger partial charge in [-0.25, -0.2) is 0 Å². The fraction of sp³-hybridized carbons (Fsp3) is 0.174. The van der Waals surface area contributed by atoms with Crippen LogP contribution in [0.4, 0.5) is 0 Å². The molecule has 0 aliphatic rings. The Morgan fingerprint density at radius 2 is 1.86 bits per heavy atom. The molecule has 0 saturated carbocycles. The zero-order valence-electron chi connectivity index (χ0n) is 16.4. The van der Waals surface area contributed by atoms with Crippen molar-refractivity contribution < 1.29 is 4.74 Å². The number of rotatable bonds is 7. The Bertz CT molecular complexity index is 1100. The number of pyridine rings is 1. The molecule has 2 aromatic heterocycles. The number of hydrogen-bond acceptors (Lipinski definition) is 5. The quantitative estimate of drug-likeness (QED) is 0.317. The minimum absolute atomic E-state index is 0.594. The number of nitrogens with zero attached hydrogens (tertiary/aromatic N) is 4. The summed E-state index contributed by atoms with van der Waals surface area (Å²) in [5, 5.41) is 9.76. The summed E-state index contributed by atoms with van der Waals surface area (Å²) in [6.07, 6.45) is 3.57. The minimum Gasteiger partial charge on any atom is -0.493 e. The third kappa shape index (κ3) is 4.49. The zero-order chi connectivity index (χ0) is 20.1. The van der Waals surface area contributed by atoms with E-state index in [4.69, 9.17) is 4.74 Å². The van der Waals surface area contributed by atoms with Crippen LogP contribution in [0.3, 0.4) is 0 Å². The van der Waals surface area contributed by atoms with E-state index in [1.54, 1.807) is 18.0 Å². The first-order valence-corrected chi connectivity index (χ1v) is 10.4. The van der Waals surface area contributed by atoms with Gasteiger partial charge in [0.2, 0.25) is 0 Å². The largest absolute Gasteiger partial charge is 0.493 e. The second-order valence-corrected chi connectivity index (χ2v) is 7.75. The van der Waals surface area contributed by atoms with Gasteiger partial charge >= 0.3 is 0 Å². The third-order valence-corrected chi connectivity index (χ3v) is 5.38. The van der Waals surface area contributed by atoms with E-state index in [-0.39, 0.29) is 0 Å². The number of aromatic nitrogens is 4. The molecule has 0 atom stereocenters. The van der Waals surface area contributed by atoms with Crippen LogP contribution >= 0.6 is 11.8 Å². The average Bonchev–Trinajstić information content (AvgIpc) is 3.16. The molecule has 0 saturated heterocycles. The fourth-order valence-corrected chi connectivity index (χ4v) is 3.84. The van der Waals surface area contributed by atoms with Gasteiger partial charge in [-0.1, -0.05) is 42.1 Å². The summed E-state index contributed by atoms with van der Waals surface area (Å²) in [5.74, 6) is 2.45. The van der Waals surface area contributed by atoms with Crippen LogP contribution < -0.4 is 4.74 Å². The van der Waals surface area contributed by atoms with Crippen LogP contribution in [0.1, 0.15) is 11.1 Å². The molecule has 0 bridgehead atoms. The van der Waals surface area contributed by atoms with E-state index in [1.807, 2.05) is 48.7 Å². The highest BCUT2D eigenvalue weighted by molar-refractivity contribution is 7.99. The number of benzene rings is 2. The summed E-state index contributed by atoms with van der Waals surface area (Å²) >= 11 is 1.63. The van der Waals surface area contributed by atoms with E-state index in [1.165, 1.54) is 5.56 Å². The van der Waals surface area contributed by atoms with Gasteiger partial charge in [-0.05, 0) is 55.3 Å². The molecule has 0 amide bonds. The lowest BCUT2D eigenvalue weighted by atomic mass is 10.2. The van der Waals surface area contributed by atoms with Gasteiger partial charge in [-0.3, -0.25) is 9.55 Å². The van der Waals surface area contributed by atoms with Gasteiger partial charge in [0.05, 0.1) is 12.3 Å². The van der Waals surface area contributed by atoms with Crippen LogP contribution in [0.5, 0.6) is 5.75 Å². The van der Waals surface area contributed by atoms with Crippen molar-refractivity contribution in [1.29, 1.82) is 0 Å². The van der Waals surface area contributed by atoms with E-state index >= 15 is 0 Å². The summed E-state index contributed by atoms with van der Waals surface area (Å²) in [5.41, 5.74) is 4.36. The molecule has 0 spiro atoms. The molecule has 2 heterocycles. The highest BCUT2D eigenvalue weighted by atomic mass is 32.2. The summed E-state index contributed by atoms with van der Waals surface area (Å²) in [7, 11) is 0. The standard InChI is InChI=1S/C23H22N4OS/c1-17-7-5-10-20(15-17)28-13-14-29-23-26-25-22(19-9-6-12-24-16-19)27(23)21-11-4-3-8-18(21)2/h3-12,15-16H,13-14H2,1-2H3. The molecule has 4 rings (SSSR count). The van der Waals surface area contributed by atoms with Crippen molar-refractivity contribution in [3.63, 3.8) is 0 Å². The number of thioether (sulfide) groups is 1. The third-order valence-electron chi connectivity index (χ3n) is 4.48. The molecule has 0 fully saturated rings. The summed E-state index contributed by atoms with van der Waals surface area (Å²) < 4.78 is 7.98. The molecule has 29 heavy (non-hydrogen) atoms. The predicted molar refractivity (Wildman–Crippen MR) is 117 cm³/mol. The monoisotopic (exact) mass is 402 g/mol. The van der Waals surface area contributed by atoms with Crippen molar-refractivity contribution in [3.8, 4) is 22.8 Å². The highest BCUT2D eigenvalue weighted by Gasteiger charge is 2.17. The molecule has 0 radical (unpaired) electrons. The van der Waals surface area contributed by atoms with Crippen LogP contribution in [0, 0.1) is 13.8 Å². The molecule has 6 heteroatoms. The van der Waals surface area contributed by atoms with E-state index in [2.05, 4.69) is 51.8 Å². The molecule has 0 aliphatic heterocycles. The highest BCUT2D eigenvalue weighted by Crippen LogP contribution is 2.29. The summed E-state index contributed by atoms with van der Waals surface area (Å²) in [6.45, 7) is 4.75. The van der Waals surface area contributed by atoms with Gasteiger partial charge in [-0.15, -0.1) is 10.2 Å². The van der Waals surface area contributed by atoms with E-state index < -0.39 is 0 Å². The maximum Gasteiger partial charge on any atom is 0.196 e. The van der Waals surface area contributed by atoms with Gasteiger partial charge in [0.15, 0.2) is 11.0 Å². The molecule has 146 valence electrons. The van der Waals surface area contributed by atoms with E-state index in [0.29, 0.717) is 6.61 Å². The Kier molecular flexibility index (Phi) is 5.91. The van der Waals surface area contributed by atoms with Gasteiger partial charge in [-0.2, -0.15) is 0 Å². The first-order chi connectivity index (χ1) is 14.2. The first kappa shape index (κ1) is 19.2. The van der Waals surface area contributed by atoms with Gasteiger partial charge in [0.1, 0.15) is 5.75 Å². The zero-order valence-corrected chi connectivity index (χ0v) is 17.3. The fourth-order valence-electron chi connectivity index (χ4n) is 3.07. The Labute approximate surface area is 174 Å². The molecule has 0 aliphatic carbocycles. The normalized spacial score (nSPS) is 10.8. The molecule has 0 N–H and O–H groups in total. The van der Waals surface area contributed by atoms with Crippen molar-refractivity contribution in [2.75, 3.05) is 12.4 Å². The first-order valence-electron chi connectivity index (χ1n) is 9.46. The summed E-state index contributed by atoms with van der Waals surface area (Å²) in [4.78, 5) is 4.24. The number of hydrogen-bond donors (Lipinski definition) is 0. The predicted octanol–water partition coefficient (Wildman–Crippen LogP) is 5.12. The smallest absolute Gasteiger partial charge is 0.196 e. The van der Waals surface area contributed by atoms with Crippen LogP contribution in [-0.2, 0) is 0 Å². The topological polar surface area (TPSA) is 52.8 Å². The maximum absolute atomic E-state index is 5.88. The van der Waals surface area contributed by atoms with Gasteiger partial charge < -0.3 is 4.74 Å². The molecular weight excluding hydrogens is 380 g/mol. The lowest BCUT2D eigenvalue weighted by Crippen LogP contribution is -2.04. The Morgan fingerprint density at radius 1 is 0.966 bits per heavy atom. The van der Waals surface area contributed by atoms with Gasteiger partial charge in [0.25, 0.3) is 0 Å². The molecule has 5 nitrogen and oxygen atoms in total. The maximum atomic E-state index is 5.88. The SMILES string of the molecule is Cc1cccc(OCCSc2nnc(-c3cccnc3)n2-c2ccccc2C)c1. The average molecular weight is 403 g/mol. The van der Waals surface area contributed by atoms with Crippen LogP contribution in [0.25, 0.3) is 17.1 Å².